The summed E-state index contributed by atoms with van der Waals surface area (Å²) >= 11 is 3.33. The van der Waals surface area contributed by atoms with E-state index in [-0.39, 0.29) is 5.91 Å². The van der Waals surface area contributed by atoms with Gasteiger partial charge < -0.3 is 10.1 Å². The molecule has 0 saturated carbocycles. The molecule has 0 unspecified atom stereocenters. The average molecular weight is 349 g/mol. The van der Waals surface area contributed by atoms with Gasteiger partial charge in [-0.25, -0.2) is 4.79 Å². The summed E-state index contributed by atoms with van der Waals surface area (Å²) in [6.45, 7) is 1.42. The van der Waals surface area contributed by atoms with Crippen molar-refractivity contribution in [1.29, 1.82) is 0 Å². The van der Waals surface area contributed by atoms with Crippen LogP contribution in [0, 0.1) is 0 Å². The van der Waals surface area contributed by atoms with E-state index in [0.717, 1.165) is 0 Å². The monoisotopic (exact) mass is 348 g/mol. The van der Waals surface area contributed by atoms with Crippen LogP contribution in [0.25, 0.3) is 0 Å². The zero-order valence-corrected chi connectivity index (χ0v) is 12.8. The minimum atomic E-state index is -0.609. The van der Waals surface area contributed by atoms with Crippen LogP contribution in [0.2, 0.25) is 0 Å². The first-order valence-electron chi connectivity index (χ1n) is 6.15. The van der Waals surface area contributed by atoms with E-state index in [4.69, 9.17) is 4.74 Å². The van der Waals surface area contributed by atoms with Gasteiger partial charge in [0.25, 0.3) is 0 Å². The van der Waals surface area contributed by atoms with Crippen molar-refractivity contribution in [1.82, 2.24) is 0 Å². The SMILES string of the molecule is CC(=O)Nc1ccc(Br)c(NC(=O)Oc2ccccc2)c1. The summed E-state index contributed by atoms with van der Waals surface area (Å²) in [5.74, 6) is 0.263. The highest BCUT2D eigenvalue weighted by Crippen LogP contribution is 2.26. The van der Waals surface area contributed by atoms with Crippen LogP contribution in [-0.4, -0.2) is 12.0 Å². The molecule has 2 rings (SSSR count). The van der Waals surface area contributed by atoms with E-state index in [2.05, 4.69) is 26.6 Å². The van der Waals surface area contributed by atoms with Gasteiger partial charge in [0.1, 0.15) is 5.75 Å². The highest BCUT2D eigenvalue weighted by atomic mass is 79.9. The fraction of sp³-hybridized carbons (Fsp3) is 0.0667. The maximum Gasteiger partial charge on any atom is 0.417 e. The van der Waals surface area contributed by atoms with Crippen molar-refractivity contribution in [3.63, 3.8) is 0 Å². The molecule has 2 amide bonds. The third-order valence-electron chi connectivity index (χ3n) is 2.48. The first-order valence-corrected chi connectivity index (χ1v) is 6.95. The Kier molecular flexibility index (Phi) is 4.94. The molecule has 0 aliphatic carbocycles. The third kappa shape index (κ3) is 4.61. The molecule has 0 aliphatic rings. The van der Waals surface area contributed by atoms with Gasteiger partial charge in [0.05, 0.1) is 5.69 Å². The number of anilines is 2. The molecule has 0 aliphatic heterocycles. The van der Waals surface area contributed by atoms with Crippen LogP contribution < -0.4 is 15.4 Å². The Morgan fingerprint density at radius 2 is 1.76 bits per heavy atom. The minimum Gasteiger partial charge on any atom is -0.410 e. The van der Waals surface area contributed by atoms with Crippen molar-refractivity contribution in [2.24, 2.45) is 0 Å². The molecule has 0 radical (unpaired) electrons. The number of nitrogens with one attached hydrogen (secondary N) is 2. The van der Waals surface area contributed by atoms with Crippen LogP contribution in [-0.2, 0) is 4.79 Å². The smallest absolute Gasteiger partial charge is 0.410 e. The highest BCUT2D eigenvalue weighted by molar-refractivity contribution is 9.10. The van der Waals surface area contributed by atoms with Gasteiger partial charge in [0, 0.05) is 17.1 Å². The van der Waals surface area contributed by atoms with Crippen LogP contribution in [0.5, 0.6) is 5.75 Å². The predicted octanol–water partition coefficient (Wildman–Crippen LogP) is 4.02. The number of para-hydroxylation sites is 1. The number of carbonyl (C=O) groups excluding carboxylic acids is 2. The van der Waals surface area contributed by atoms with E-state index in [1.54, 1.807) is 42.5 Å². The van der Waals surface area contributed by atoms with Crippen LogP contribution in [0.3, 0.4) is 0 Å². The Labute approximate surface area is 130 Å². The number of carbonyl (C=O) groups is 2. The summed E-state index contributed by atoms with van der Waals surface area (Å²) < 4.78 is 5.82. The number of benzene rings is 2. The van der Waals surface area contributed by atoms with Crippen molar-refractivity contribution in [2.75, 3.05) is 10.6 Å². The molecule has 2 aromatic rings. The Bertz CT molecular complexity index is 659. The van der Waals surface area contributed by atoms with Crippen molar-refractivity contribution >= 4 is 39.3 Å². The topological polar surface area (TPSA) is 67.4 Å². The molecule has 0 bridgehead atoms. The van der Waals surface area contributed by atoms with Crippen molar-refractivity contribution in [3.05, 3.63) is 53.0 Å². The van der Waals surface area contributed by atoms with Crippen LogP contribution in [0.1, 0.15) is 6.92 Å². The van der Waals surface area contributed by atoms with E-state index in [9.17, 15) is 9.59 Å². The molecule has 0 fully saturated rings. The fourth-order valence-electron chi connectivity index (χ4n) is 1.63. The summed E-state index contributed by atoms with van der Waals surface area (Å²) in [6, 6.07) is 13.8. The Morgan fingerprint density at radius 1 is 1.05 bits per heavy atom. The molecule has 0 saturated heterocycles. The van der Waals surface area contributed by atoms with Crippen LogP contribution >= 0.6 is 15.9 Å². The van der Waals surface area contributed by atoms with Gasteiger partial charge in [0.2, 0.25) is 5.91 Å². The Morgan fingerprint density at radius 3 is 2.43 bits per heavy atom. The fourth-order valence-corrected chi connectivity index (χ4v) is 1.98. The molecule has 21 heavy (non-hydrogen) atoms. The van der Waals surface area contributed by atoms with Gasteiger partial charge in [-0.15, -0.1) is 0 Å². The lowest BCUT2D eigenvalue weighted by Crippen LogP contribution is -2.17. The molecule has 2 aromatic carbocycles. The zero-order chi connectivity index (χ0) is 15.2. The van der Waals surface area contributed by atoms with Crippen molar-refractivity contribution in [3.8, 4) is 5.75 Å². The molecule has 0 heterocycles. The summed E-state index contributed by atoms with van der Waals surface area (Å²) in [5, 5.41) is 5.26. The largest absolute Gasteiger partial charge is 0.417 e. The third-order valence-corrected chi connectivity index (χ3v) is 3.17. The van der Waals surface area contributed by atoms with Gasteiger partial charge in [-0.2, -0.15) is 0 Å². The van der Waals surface area contributed by atoms with Crippen molar-refractivity contribution in [2.45, 2.75) is 6.92 Å². The van der Waals surface area contributed by atoms with Crippen LogP contribution in [0.4, 0.5) is 16.2 Å². The highest BCUT2D eigenvalue weighted by Gasteiger charge is 2.09. The molecular weight excluding hydrogens is 336 g/mol. The Hall–Kier alpha value is -2.34. The molecular formula is C15H13BrN2O3. The predicted molar refractivity (Wildman–Crippen MR) is 84.5 cm³/mol. The minimum absolute atomic E-state index is 0.185. The van der Waals surface area contributed by atoms with Gasteiger partial charge in [0.15, 0.2) is 0 Å². The van der Waals surface area contributed by atoms with Gasteiger partial charge in [-0.3, -0.25) is 10.1 Å². The Balaban J connectivity index is 2.07. The van der Waals surface area contributed by atoms with E-state index in [0.29, 0.717) is 21.6 Å². The first-order chi connectivity index (χ1) is 10.0. The molecule has 0 spiro atoms. The van der Waals surface area contributed by atoms with E-state index >= 15 is 0 Å². The second kappa shape index (κ2) is 6.90. The molecule has 108 valence electrons. The number of hydrogen-bond acceptors (Lipinski definition) is 3. The number of halogens is 1. The average Bonchev–Trinajstić information content (AvgIpc) is 2.43. The molecule has 2 N–H and O–H groups in total. The number of rotatable bonds is 3. The van der Waals surface area contributed by atoms with Crippen molar-refractivity contribution < 1.29 is 14.3 Å². The van der Waals surface area contributed by atoms with Gasteiger partial charge >= 0.3 is 6.09 Å². The van der Waals surface area contributed by atoms with Gasteiger partial charge in [-0.1, -0.05) is 18.2 Å². The van der Waals surface area contributed by atoms with E-state index in [1.165, 1.54) is 6.92 Å². The standard InChI is InChI=1S/C15H13BrN2O3/c1-10(19)17-11-7-8-13(16)14(9-11)18-15(20)21-12-5-3-2-4-6-12/h2-9H,1H3,(H,17,19)(H,18,20). The molecule has 0 aromatic heterocycles. The summed E-state index contributed by atoms with van der Waals surface area (Å²) in [5.41, 5.74) is 1.09. The molecule has 5 nitrogen and oxygen atoms in total. The second-order valence-corrected chi connectivity index (χ2v) is 5.06. The zero-order valence-electron chi connectivity index (χ0n) is 11.2. The number of hydrogen-bond donors (Lipinski definition) is 2. The summed E-state index contributed by atoms with van der Waals surface area (Å²) in [6.07, 6.45) is -0.609. The molecule has 6 heteroatoms. The lowest BCUT2D eigenvalue weighted by Gasteiger charge is -2.10. The number of amides is 2. The van der Waals surface area contributed by atoms with E-state index in [1.807, 2.05) is 6.07 Å². The quantitative estimate of drug-likeness (QED) is 0.880. The van der Waals surface area contributed by atoms with Gasteiger partial charge in [-0.05, 0) is 46.3 Å². The maximum atomic E-state index is 11.8. The molecule has 0 atom stereocenters. The summed E-state index contributed by atoms with van der Waals surface area (Å²) in [4.78, 5) is 22.9. The lowest BCUT2D eigenvalue weighted by atomic mass is 10.2. The number of ether oxygens (including phenoxy) is 1. The summed E-state index contributed by atoms with van der Waals surface area (Å²) in [7, 11) is 0. The second-order valence-electron chi connectivity index (χ2n) is 4.20. The lowest BCUT2D eigenvalue weighted by molar-refractivity contribution is -0.114. The first kappa shape index (κ1) is 15.1. The van der Waals surface area contributed by atoms with E-state index < -0.39 is 6.09 Å². The van der Waals surface area contributed by atoms with Crippen LogP contribution in [0.15, 0.2) is 53.0 Å². The maximum absolute atomic E-state index is 11.8. The normalized spacial score (nSPS) is 9.81.